The van der Waals surface area contributed by atoms with Crippen LogP contribution in [0.3, 0.4) is 0 Å². The fourth-order valence-corrected chi connectivity index (χ4v) is 2.08. The maximum Gasteiger partial charge on any atom is 0.274 e. The van der Waals surface area contributed by atoms with Crippen molar-refractivity contribution in [2.75, 3.05) is 5.32 Å². The minimum absolute atomic E-state index is 0.259. The Morgan fingerprint density at radius 1 is 1.09 bits per heavy atom. The van der Waals surface area contributed by atoms with E-state index < -0.39 is 0 Å². The minimum atomic E-state index is -0.259. The molecule has 0 spiro atoms. The summed E-state index contributed by atoms with van der Waals surface area (Å²) in [6.07, 6.45) is 4.68. The van der Waals surface area contributed by atoms with Crippen LogP contribution in [0.4, 0.5) is 5.69 Å². The van der Waals surface area contributed by atoms with Crippen molar-refractivity contribution in [1.82, 2.24) is 19.5 Å². The van der Waals surface area contributed by atoms with Crippen molar-refractivity contribution >= 4 is 11.6 Å². The zero-order valence-corrected chi connectivity index (χ0v) is 12.3. The average Bonchev–Trinajstić information content (AvgIpc) is 2.89. The molecule has 6 nitrogen and oxygen atoms in total. The molecule has 1 amide bonds. The number of nitrogens with zero attached hydrogens (tertiary/aromatic N) is 4. The first kappa shape index (κ1) is 13.9. The molecule has 0 aliphatic carbocycles. The second-order valence-electron chi connectivity index (χ2n) is 4.88. The quantitative estimate of drug-likeness (QED) is 0.805. The summed E-state index contributed by atoms with van der Waals surface area (Å²) in [5.41, 5.74) is 4.14. The first-order chi connectivity index (χ1) is 10.6. The number of hydrogen-bond donors (Lipinski definition) is 1. The highest BCUT2D eigenvalue weighted by Gasteiger charge is 2.08. The standard InChI is InChI=1S/C16H15N5O/c1-11-12(2)21(10-19-11)14-5-3-13(4-6-14)20-16(22)15-7-8-17-9-18-15/h3-10H,1-2H3,(H,20,22). The van der Waals surface area contributed by atoms with Crippen LogP contribution in [0.5, 0.6) is 0 Å². The highest BCUT2D eigenvalue weighted by Crippen LogP contribution is 2.17. The van der Waals surface area contributed by atoms with Crippen LogP contribution in [0.1, 0.15) is 21.9 Å². The van der Waals surface area contributed by atoms with Crippen LogP contribution in [-0.4, -0.2) is 25.4 Å². The predicted octanol–water partition coefficient (Wildman–Crippen LogP) is 2.53. The van der Waals surface area contributed by atoms with Crippen molar-refractivity contribution in [1.29, 1.82) is 0 Å². The number of carbonyl (C=O) groups excluding carboxylic acids is 1. The Labute approximate surface area is 127 Å². The van der Waals surface area contributed by atoms with E-state index in [2.05, 4.69) is 20.3 Å². The van der Waals surface area contributed by atoms with Crippen LogP contribution in [0.15, 0.2) is 49.2 Å². The number of rotatable bonds is 3. The number of hydrogen-bond acceptors (Lipinski definition) is 4. The second kappa shape index (κ2) is 5.77. The molecule has 3 rings (SSSR count). The van der Waals surface area contributed by atoms with Gasteiger partial charge in [-0.1, -0.05) is 0 Å². The third-order valence-corrected chi connectivity index (χ3v) is 3.47. The Kier molecular flexibility index (Phi) is 3.65. The third kappa shape index (κ3) is 2.71. The number of aryl methyl sites for hydroxylation is 1. The maximum atomic E-state index is 12.0. The Balaban J connectivity index is 1.77. The molecule has 1 N–H and O–H groups in total. The molecule has 6 heteroatoms. The molecule has 0 aliphatic heterocycles. The zero-order valence-electron chi connectivity index (χ0n) is 12.3. The summed E-state index contributed by atoms with van der Waals surface area (Å²) in [5.74, 6) is -0.259. The lowest BCUT2D eigenvalue weighted by molar-refractivity contribution is 0.102. The van der Waals surface area contributed by atoms with Gasteiger partial charge in [0.15, 0.2) is 0 Å². The first-order valence-corrected chi connectivity index (χ1v) is 6.83. The molecule has 0 saturated heterocycles. The van der Waals surface area contributed by atoms with Gasteiger partial charge >= 0.3 is 0 Å². The van der Waals surface area contributed by atoms with E-state index in [9.17, 15) is 4.79 Å². The Hall–Kier alpha value is -3.02. The van der Waals surface area contributed by atoms with E-state index in [1.165, 1.54) is 12.5 Å². The van der Waals surface area contributed by atoms with Crippen molar-refractivity contribution in [3.05, 3.63) is 66.3 Å². The lowest BCUT2D eigenvalue weighted by atomic mass is 10.2. The molecule has 1 aromatic carbocycles. The fraction of sp³-hybridized carbons (Fsp3) is 0.125. The van der Waals surface area contributed by atoms with E-state index in [-0.39, 0.29) is 5.91 Å². The third-order valence-electron chi connectivity index (χ3n) is 3.47. The molecule has 0 saturated carbocycles. The smallest absolute Gasteiger partial charge is 0.274 e. The van der Waals surface area contributed by atoms with Crippen LogP contribution >= 0.6 is 0 Å². The largest absolute Gasteiger partial charge is 0.321 e. The predicted molar refractivity (Wildman–Crippen MR) is 83.0 cm³/mol. The number of aromatic nitrogens is 4. The number of nitrogens with one attached hydrogen (secondary N) is 1. The zero-order chi connectivity index (χ0) is 15.5. The van der Waals surface area contributed by atoms with Gasteiger partial charge in [-0.3, -0.25) is 4.79 Å². The van der Waals surface area contributed by atoms with Crippen LogP contribution in [-0.2, 0) is 0 Å². The summed E-state index contributed by atoms with van der Waals surface area (Å²) in [4.78, 5) is 24.0. The monoisotopic (exact) mass is 293 g/mol. The molecule has 3 aromatic rings. The summed E-state index contributed by atoms with van der Waals surface area (Å²) in [6, 6.07) is 9.14. The molecule has 0 atom stereocenters. The lowest BCUT2D eigenvalue weighted by Crippen LogP contribution is -2.13. The van der Waals surface area contributed by atoms with Crippen LogP contribution in [0.2, 0.25) is 0 Å². The SMILES string of the molecule is Cc1ncn(-c2ccc(NC(=O)c3ccncn3)cc2)c1C. The summed E-state index contributed by atoms with van der Waals surface area (Å²) in [5, 5.41) is 2.80. The Morgan fingerprint density at radius 3 is 2.45 bits per heavy atom. The van der Waals surface area contributed by atoms with Crippen molar-refractivity contribution < 1.29 is 4.79 Å². The number of anilines is 1. The summed E-state index contributed by atoms with van der Waals surface area (Å²) >= 11 is 0. The van der Waals surface area contributed by atoms with Crippen molar-refractivity contribution in [3.8, 4) is 5.69 Å². The highest BCUT2D eigenvalue weighted by atomic mass is 16.1. The summed E-state index contributed by atoms with van der Waals surface area (Å²) in [7, 11) is 0. The first-order valence-electron chi connectivity index (χ1n) is 6.83. The molecular weight excluding hydrogens is 278 g/mol. The van der Waals surface area contributed by atoms with Crippen molar-refractivity contribution in [2.24, 2.45) is 0 Å². The van der Waals surface area contributed by atoms with E-state index in [4.69, 9.17) is 0 Å². The molecule has 22 heavy (non-hydrogen) atoms. The van der Waals surface area contributed by atoms with Crippen LogP contribution < -0.4 is 5.32 Å². The lowest BCUT2D eigenvalue weighted by Gasteiger charge is -2.08. The normalized spacial score (nSPS) is 10.5. The van der Waals surface area contributed by atoms with Gasteiger partial charge in [0.05, 0.1) is 12.0 Å². The van der Waals surface area contributed by atoms with Gasteiger partial charge in [0, 0.05) is 23.3 Å². The molecule has 2 aromatic heterocycles. The van der Waals surface area contributed by atoms with Crippen molar-refractivity contribution in [2.45, 2.75) is 13.8 Å². The van der Waals surface area contributed by atoms with Gasteiger partial charge in [-0.25, -0.2) is 15.0 Å². The van der Waals surface area contributed by atoms with Gasteiger partial charge in [0.1, 0.15) is 12.0 Å². The Morgan fingerprint density at radius 2 is 1.86 bits per heavy atom. The summed E-state index contributed by atoms with van der Waals surface area (Å²) < 4.78 is 2.01. The topological polar surface area (TPSA) is 72.7 Å². The van der Waals surface area contributed by atoms with E-state index in [1.807, 2.05) is 42.7 Å². The van der Waals surface area contributed by atoms with Crippen LogP contribution in [0.25, 0.3) is 5.69 Å². The average molecular weight is 293 g/mol. The van der Waals surface area contributed by atoms with Gasteiger partial charge in [-0.05, 0) is 44.2 Å². The molecule has 0 bridgehead atoms. The van der Waals surface area contributed by atoms with E-state index in [1.54, 1.807) is 12.4 Å². The van der Waals surface area contributed by atoms with Gasteiger partial charge in [-0.15, -0.1) is 0 Å². The minimum Gasteiger partial charge on any atom is -0.321 e. The van der Waals surface area contributed by atoms with E-state index in [0.717, 1.165) is 17.1 Å². The van der Waals surface area contributed by atoms with Gasteiger partial charge in [-0.2, -0.15) is 0 Å². The van der Waals surface area contributed by atoms with Crippen molar-refractivity contribution in [3.63, 3.8) is 0 Å². The molecule has 110 valence electrons. The van der Waals surface area contributed by atoms with E-state index >= 15 is 0 Å². The van der Waals surface area contributed by atoms with Gasteiger partial charge < -0.3 is 9.88 Å². The van der Waals surface area contributed by atoms with E-state index in [0.29, 0.717) is 11.4 Å². The summed E-state index contributed by atoms with van der Waals surface area (Å²) in [6.45, 7) is 4.00. The highest BCUT2D eigenvalue weighted by molar-refractivity contribution is 6.02. The molecule has 0 unspecified atom stereocenters. The second-order valence-corrected chi connectivity index (χ2v) is 4.88. The number of imidazole rings is 1. The molecule has 2 heterocycles. The Bertz CT molecular complexity index is 793. The van der Waals surface area contributed by atoms with Gasteiger partial charge in [0.25, 0.3) is 5.91 Å². The molecule has 0 fully saturated rings. The number of amides is 1. The molecular formula is C16H15N5O. The van der Waals surface area contributed by atoms with Gasteiger partial charge in [0.2, 0.25) is 0 Å². The fourth-order valence-electron chi connectivity index (χ4n) is 2.08. The number of benzene rings is 1. The number of carbonyl (C=O) groups is 1. The molecule has 0 radical (unpaired) electrons. The maximum absolute atomic E-state index is 12.0. The molecule has 0 aliphatic rings. The van der Waals surface area contributed by atoms with Crippen LogP contribution in [0, 0.1) is 13.8 Å².